The molecular weight excluding hydrogens is 318 g/mol. The highest BCUT2D eigenvalue weighted by Crippen LogP contribution is 2.29. The van der Waals surface area contributed by atoms with E-state index in [1.54, 1.807) is 17.8 Å². The van der Waals surface area contributed by atoms with Gasteiger partial charge in [-0.2, -0.15) is 11.8 Å². The summed E-state index contributed by atoms with van der Waals surface area (Å²) < 4.78 is 15.8. The summed E-state index contributed by atoms with van der Waals surface area (Å²) in [6.45, 7) is 2.14. The second-order valence-corrected chi connectivity index (χ2v) is 6.31. The molecule has 0 spiro atoms. The van der Waals surface area contributed by atoms with Crippen LogP contribution in [0.3, 0.4) is 0 Å². The van der Waals surface area contributed by atoms with Gasteiger partial charge in [0, 0.05) is 30.2 Å². The van der Waals surface area contributed by atoms with Crippen LogP contribution in [0, 0.1) is 5.82 Å². The van der Waals surface area contributed by atoms with Gasteiger partial charge in [0.1, 0.15) is 11.6 Å². The number of benzene rings is 1. The van der Waals surface area contributed by atoms with E-state index in [1.165, 1.54) is 6.07 Å². The Morgan fingerprint density at radius 3 is 2.80 bits per heavy atom. The van der Waals surface area contributed by atoms with Crippen molar-refractivity contribution < 1.29 is 4.39 Å². The van der Waals surface area contributed by atoms with E-state index in [9.17, 15) is 4.39 Å². The van der Waals surface area contributed by atoms with Crippen LogP contribution in [-0.4, -0.2) is 27.4 Å². The fourth-order valence-electron chi connectivity index (χ4n) is 2.38. The average molecular weight is 335 g/mol. The highest BCUT2D eigenvalue weighted by atomic mass is 35.5. The SMILES string of the molecule is CCC(CSC)n1c(CCCl)nc2cc(F)c(Cl)cc21. The molecule has 6 heteroatoms. The number of hydrogen-bond donors (Lipinski definition) is 0. The second-order valence-electron chi connectivity index (χ2n) is 4.61. The monoisotopic (exact) mass is 334 g/mol. The van der Waals surface area contributed by atoms with Crippen molar-refractivity contribution in [2.24, 2.45) is 0 Å². The van der Waals surface area contributed by atoms with Crippen molar-refractivity contribution in [1.29, 1.82) is 0 Å². The van der Waals surface area contributed by atoms with Gasteiger partial charge in [-0.25, -0.2) is 9.37 Å². The van der Waals surface area contributed by atoms with Crippen molar-refractivity contribution >= 4 is 46.0 Å². The Hall–Kier alpha value is -0.450. The van der Waals surface area contributed by atoms with Crippen molar-refractivity contribution in [3.05, 3.63) is 28.8 Å². The zero-order valence-electron chi connectivity index (χ0n) is 11.5. The zero-order chi connectivity index (χ0) is 14.7. The number of rotatable bonds is 6. The Morgan fingerprint density at radius 1 is 1.45 bits per heavy atom. The maximum atomic E-state index is 13.6. The lowest BCUT2D eigenvalue weighted by molar-refractivity contribution is 0.533. The van der Waals surface area contributed by atoms with Gasteiger partial charge in [-0.05, 0) is 18.7 Å². The molecule has 0 fully saturated rings. The van der Waals surface area contributed by atoms with E-state index in [0.29, 0.717) is 23.9 Å². The van der Waals surface area contributed by atoms with E-state index < -0.39 is 5.82 Å². The van der Waals surface area contributed by atoms with Gasteiger partial charge in [-0.15, -0.1) is 11.6 Å². The third-order valence-electron chi connectivity index (χ3n) is 3.32. The number of nitrogens with zero attached hydrogens (tertiary/aromatic N) is 2. The van der Waals surface area contributed by atoms with E-state index in [1.807, 2.05) is 0 Å². The molecule has 110 valence electrons. The van der Waals surface area contributed by atoms with Crippen molar-refractivity contribution in [1.82, 2.24) is 9.55 Å². The Kier molecular flexibility index (Phi) is 5.58. The number of thioether (sulfide) groups is 1. The topological polar surface area (TPSA) is 17.8 Å². The summed E-state index contributed by atoms with van der Waals surface area (Å²) in [6, 6.07) is 3.38. The molecule has 0 saturated heterocycles. The molecular formula is C14H17Cl2FN2S. The largest absolute Gasteiger partial charge is 0.324 e. The first-order chi connectivity index (χ1) is 9.62. The standard InChI is InChI=1S/C14H17Cl2FN2S/c1-3-9(8-20-2)19-13-6-10(16)11(17)7-12(13)18-14(19)4-5-15/h6-7,9H,3-5,8H2,1-2H3. The fraction of sp³-hybridized carbons (Fsp3) is 0.500. The predicted molar refractivity (Wildman–Crippen MR) is 86.8 cm³/mol. The first kappa shape index (κ1) is 15.9. The number of imidazole rings is 1. The van der Waals surface area contributed by atoms with Gasteiger partial charge in [0.15, 0.2) is 0 Å². The van der Waals surface area contributed by atoms with Crippen molar-refractivity contribution in [3.8, 4) is 0 Å². The quantitative estimate of drug-likeness (QED) is 0.697. The summed E-state index contributed by atoms with van der Waals surface area (Å²) >= 11 is 13.6. The zero-order valence-corrected chi connectivity index (χ0v) is 13.8. The van der Waals surface area contributed by atoms with E-state index in [2.05, 4.69) is 22.7 Å². The maximum absolute atomic E-state index is 13.6. The van der Waals surface area contributed by atoms with Crippen molar-refractivity contribution in [3.63, 3.8) is 0 Å². The van der Waals surface area contributed by atoms with E-state index in [4.69, 9.17) is 23.2 Å². The average Bonchev–Trinajstić information content (AvgIpc) is 2.74. The Balaban J connectivity index is 2.63. The van der Waals surface area contributed by atoms with E-state index in [-0.39, 0.29) is 5.02 Å². The van der Waals surface area contributed by atoms with Gasteiger partial charge in [0.25, 0.3) is 0 Å². The minimum absolute atomic E-state index is 0.134. The molecule has 0 bridgehead atoms. The lowest BCUT2D eigenvalue weighted by Crippen LogP contribution is -2.14. The molecule has 0 saturated carbocycles. The number of halogens is 3. The summed E-state index contributed by atoms with van der Waals surface area (Å²) in [7, 11) is 0. The van der Waals surface area contributed by atoms with Crippen LogP contribution in [0.1, 0.15) is 25.2 Å². The van der Waals surface area contributed by atoms with Gasteiger partial charge >= 0.3 is 0 Å². The van der Waals surface area contributed by atoms with Crippen LogP contribution in [0.5, 0.6) is 0 Å². The number of hydrogen-bond acceptors (Lipinski definition) is 2. The third-order valence-corrected chi connectivity index (χ3v) is 4.51. The summed E-state index contributed by atoms with van der Waals surface area (Å²) in [4.78, 5) is 4.53. The predicted octanol–water partition coefficient (Wildman–Crippen LogP) is 4.92. The molecule has 0 radical (unpaired) electrons. The molecule has 1 atom stereocenters. The number of alkyl halides is 1. The van der Waals surface area contributed by atoms with Crippen LogP contribution in [0.4, 0.5) is 4.39 Å². The van der Waals surface area contributed by atoms with Gasteiger partial charge in [-0.3, -0.25) is 0 Å². The highest BCUT2D eigenvalue weighted by Gasteiger charge is 2.19. The molecule has 1 heterocycles. The van der Waals surface area contributed by atoms with Gasteiger partial charge in [-0.1, -0.05) is 18.5 Å². The second kappa shape index (κ2) is 7.01. The van der Waals surface area contributed by atoms with Crippen LogP contribution in [0.25, 0.3) is 11.0 Å². The molecule has 0 amide bonds. The molecule has 2 rings (SSSR count). The molecule has 0 N–H and O–H groups in total. The lowest BCUT2D eigenvalue weighted by atomic mass is 10.2. The first-order valence-corrected chi connectivity index (χ1v) is 8.83. The number of fused-ring (bicyclic) bond motifs is 1. The summed E-state index contributed by atoms with van der Waals surface area (Å²) in [5.74, 6) is 1.94. The lowest BCUT2D eigenvalue weighted by Gasteiger charge is -2.19. The van der Waals surface area contributed by atoms with Crippen LogP contribution >= 0.6 is 35.0 Å². The van der Waals surface area contributed by atoms with Crippen molar-refractivity contribution in [2.45, 2.75) is 25.8 Å². The van der Waals surface area contributed by atoms with Crippen molar-refractivity contribution in [2.75, 3.05) is 17.9 Å². The van der Waals surface area contributed by atoms with Crippen LogP contribution in [0.2, 0.25) is 5.02 Å². The minimum atomic E-state index is -0.431. The van der Waals surface area contributed by atoms with Gasteiger partial charge in [0.2, 0.25) is 0 Å². The number of aromatic nitrogens is 2. The van der Waals surface area contributed by atoms with E-state index >= 15 is 0 Å². The number of aryl methyl sites for hydroxylation is 1. The molecule has 20 heavy (non-hydrogen) atoms. The Labute approximate surface area is 132 Å². The molecule has 1 unspecified atom stereocenters. The first-order valence-electron chi connectivity index (χ1n) is 6.53. The van der Waals surface area contributed by atoms with Gasteiger partial charge < -0.3 is 4.57 Å². The normalized spacial score (nSPS) is 13.1. The summed E-state index contributed by atoms with van der Waals surface area (Å²) in [5.41, 5.74) is 1.53. The molecule has 0 aliphatic rings. The van der Waals surface area contributed by atoms with Crippen LogP contribution < -0.4 is 0 Å². The molecule has 0 aliphatic carbocycles. The van der Waals surface area contributed by atoms with Crippen LogP contribution in [-0.2, 0) is 6.42 Å². The summed E-state index contributed by atoms with van der Waals surface area (Å²) in [6.07, 6.45) is 3.73. The Bertz CT molecular complexity index is 600. The molecule has 0 aliphatic heterocycles. The molecule has 1 aromatic heterocycles. The molecule has 2 aromatic rings. The third kappa shape index (κ3) is 3.07. The molecule has 2 nitrogen and oxygen atoms in total. The fourth-order valence-corrected chi connectivity index (χ4v) is 3.47. The van der Waals surface area contributed by atoms with Gasteiger partial charge in [0.05, 0.1) is 16.1 Å². The summed E-state index contributed by atoms with van der Waals surface area (Å²) in [5, 5.41) is 0.134. The molecule has 1 aromatic carbocycles. The maximum Gasteiger partial charge on any atom is 0.144 e. The smallest absolute Gasteiger partial charge is 0.144 e. The highest BCUT2D eigenvalue weighted by molar-refractivity contribution is 7.98. The van der Waals surface area contributed by atoms with Crippen LogP contribution in [0.15, 0.2) is 12.1 Å². The minimum Gasteiger partial charge on any atom is -0.324 e. The van der Waals surface area contributed by atoms with E-state index in [0.717, 1.165) is 23.5 Å². The Morgan fingerprint density at radius 2 is 2.20 bits per heavy atom.